The highest BCUT2D eigenvalue weighted by Gasteiger charge is 2.27. The van der Waals surface area contributed by atoms with E-state index in [4.69, 9.17) is 19.6 Å². The minimum atomic E-state index is -0.782. The Morgan fingerprint density at radius 2 is 1.20 bits per heavy atom. The third kappa shape index (κ3) is 2.76. The molecule has 0 radical (unpaired) electrons. The first-order valence-electron chi connectivity index (χ1n) is 6.11. The normalized spacial score (nSPS) is 22.4. The lowest BCUT2D eigenvalue weighted by atomic mass is 10.1. The molecule has 3 rings (SSSR count). The molecule has 20 heavy (non-hydrogen) atoms. The second-order valence-corrected chi connectivity index (χ2v) is 4.24. The van der Waals surface area contributed by atoms with Gasteiger partial charge in [0.15, 0.2) is 0 Å². The van der Waals surface area contributed by atoms with E-state index in [1.165, 1.54) is 0 Å². The summed E-state index contributed by atoms with van der Waals surface area (Å²) in [6.45, 7) is 0. The molecule has 0 atom stereocenters. The van der Waals surface area contributed by atoms with Crippen molar-refractivity contribution >= 4 is 6.29 Å². The molecular formula is C15H12O5. The van der Waals surface area contributed by atoms with E-state index in [1.54, 1.807) is 24.3 Å². The minimum Gasteiger partial charge on any atom is -0.298 e. The van der Waals surface area contributed by atoms with Crippen LogP contribution in [0.5, 0.6) is 0 Å². The Morgan fingerprint density at radius 3 is 1.70 bits per heavy atom. The van der Waals surface area contributed by atoms with Crippen molar-refractivity contribution in [3.8, 4) is 0 Å². The Labute approximate surface area is 115 Å². The Hall–Kier alpha value is -2.05. The van der Waals surface area contributed by atoms with Crippen molar-refractivity contribution < 1.29 is 24.3 Å². The number of hydrogen-bond donors (Lipinski definition) is 0. The molecule has 1 aliphatic heterocycles. The van der Waals surface area contributed by atoms with Crippen LogP contribution in [0.15, 0.2) is 54.6 Å². The van der Waals surface area contributed by atoms with Crippen molar-refractivity contribution in [2.45, 2.75) is 12.6 Å². The molecule has 0 N–H and O–H groups in total. The molecule has 1 aliphatic rings. The van der Waals surface area contributed by atoms with Gasteiger partial charge >= 0.3 is 0 Å². The van der Waals surface area contributed by atoms with E-state index in [0.717, 1.165) is 11.8 Å². The fraction of sp³-hybridized carbons (Fsp3) is 0.133. The monoisotopic (exact) mass is 272 g/mol. The van der Waals surface area contributed by atoms with Crippen molar-refractivity contribution in [2.24, 2.45) is 0 Å². The topological polar surface area (TPSA) is 54.0 Å². The first kappa shape index (κ1) is 13.0. The van der Waals surface area contributed by atoms with Gasteiger partial charge in [-0.2, -0.15) is 19.6 Å². The van der Waals surface area contributed by atoms with E-state index in [2.05, 4.69) is 0 Å². The fourth-order valence-corrected chi connectivity index (χ4v) is 1.80. The maximum Gasteiger partial charge on any atom is 0.249 e. The smallest absolute Gasteiger partial charge is 0.249 e. The van der Waals surface area contributed by atoms with Crippen LogP contribution >= 0.6 is 0 Å². The first-order valence-corrected chi connectivity index (χ1v) is 6.11. The van der Waals surface area contributed by atoms with Crippen molar-refractivity contribution in [3.63, 3.8) is 0 Å². The molecule has 0 spiro atoms. The summed E-state index contributed by atoms with van der Waals surface area (Å²) < 4.78 is 0. The van der Waals surface area contributed by atoms with Gasteiger partial charge in [-0.3, -0.25) is 4.79 Å². The van der Waals surface area contributed by atoms with Crippen molar-refractivity contribution in [1.82, 2.24) is 0 Å². The molecule has 5 nitrogen and oxygen atoms in total. The molecule has 102 valence electrons. The molecule has 1 fully saturated rings. The van der Waals surface area contributed by atoms with Gasteiger partial charge in [0.25, 0.3) is 0 Å². The number of hydrogen-bond acceptors (Lipinski definition) is 5. The van der Waals surface area contributed by atoms with Crippen LogP contribution in [0.4, 0.5) is 0 Å². The first-order chi connectivity index (χ1) is 9.86. The summed E-state index contributed by atoms with van der Waals surface area (Å²) in [6.07, 6.45) is -0.734. The van der Waals surface area contributed by atoms with Gasteiger partial charge in [-0.05, 0) is 0 Å². The van der Waals surface area contributed by atoms with Gasteiger partial charge in [-0.25, -0.2) is 0 Å². The number of aldehydes is 1. The molecule has 2 aromatic carbocycles. The average molecular weight is 272 g/mol. The van der Waals surface area contributed by atoms with Gasteiger partial charge in [-0.1, -0.05) is 54.6 Å². The van der Waals surface area contributed by atoms with E-state index in [9.17, 15) is 4.79 Å². The maximum atomic E-state index is 10.6. The molecule has 1 saturated heterocycles. The molecule has 1 heterocycles. The predicted molar refractivity (Wildman–Crippen MR) is 68.1 cm³/mol. The van der Waals surface area contributed by atoms with Crippen LogP contribution in [-0.4, -0.2) is 6.29 Å². The average Bonchev–Trinajstić information content (AvgIpc) is 2.56. The zero-order valence-corrected chi connectivity index (χ0v) is 10.5. The summed E-state index contributed by atoms with van der Waals surface area (Å²) in [4.78, 5) is 31.3. The third-order valence-corrected chi connectivity index (χ3v) is 2.88. The number of carbonyl (C=O) groups is 1. The Morgan fingerprint density at radius 1 is 0.700 bits per heavy atom. The lowest BCUT2D eigenvalue weighted by Crippen LogP contribution is -2.22. The fourth-order valence-electron chi connectivity index (χ4n) is 1.80. The zero-order valence-electron chi connectivity index (χ0n) is 10.5. The predicted octanol–water partition coefficient (Wildman–Crippen LogP) is 3.11. The van der Waals surface area contributed by atoms with Crippen LogP contribution < -0.4 is 0 Å². The van der Waals surface area contributed by atoms with E-state index in [-0.39, 0.29) is 0 Å². The number of rotatable bonds is 3. The van der Waals surface area contributed by atoms with E-state index in [1.807, 2.05) is 30.3 Å². The zero-order chi connectivity index (χ0) is 13.8. The quantitative estimate of drug-likeness (QED) is 0.634. The SMILES string of the molecule is O=Cc1ccc(C2OOC(c3ccccc3)OO2)cc1. The molecule has 5 heteroatoms. The number of benzene rings is 2. The lowest BCUT2D eigenvalue weighted by Gasteiger charge is -2.27. The van der Waals surface area contributed by atoms with Crippen LogP contribution in [0.2, 0.25) is 0 Å². The van der Waals surface area contributed by atoms with Gasteiger partial charge in [0.05, 0.1) is 0 Å². The summed E-state index contributed by atoms with van der Waals surface area (Å²) in [5, 5.41) is 0. The molecule has 0 amide bonds. The van der Waals surface area contributed by atoms with E-state index < -0.39 is 12.6 Å². The Kier molecular flexibility index (Phi) is 3.85. The highest BCUT2D eigenvalue weighted by Crippen LogP contribution is 2.31. The lowest BCUT2D eigenvalue weighted by molar-refractivity contribution is -0.600. The van der Waals surface area contributed by atoms with Crippen LogP contribution in [0.25, 0.3) is 0 Å². The van der Waals surface area contributed by atoms with Crippen molar-refractivity contribution in [2.75, 3.05) is 0 Å². The summed E-state index contributed by atoms with van der Waals surface area (Å²) in [7, 11) is 0. The Balaban J connectivity index is 1.64. The standard InChI is InChI=1S/C15H12O5/c16-10-11-6-8-13(9-7-11)15-19-17-14(18-20-15)12-4-2-1-3-5-12/h1-10,14-15H. The summed E-state index contributed by atoms with van der Waals surface area (Å²) in [6, 6.07) is 16.1. The third-order valence-electron chi connectivity index (χ3n) is 2.88. The van der Waals surface area contributed by atoms with Gasteiger partial charge in [-0.15, -0.1) is 0 Å². The van der Waals surface area contributed by atoms with Gasteiger partial charge in [0.2, 0.25) is 12.6 Å². The van der Waals surface area contributed by atoms with Crippen LogP contribution in [0, 0.1) is 0 Å². The molecule has 0 aromatic heterocycles. The summed E-state index contributed by atoms with van der Waals surface area (Å²) in [5.41, 5.74) is 2.07. The van der Waals surface area contributed by atoms with Crippen molar-refractivity contribution in [3.05, 3.63) is 71.3 Å². The van der Waals surface area contributed by atoms with Gasteiger partial charge in [0.1, 0.15) is 6.29 Å². The molecule has 0 bridgehead atoms. The Bertz CT molecular complexity index is 559. The van der Waals surface area contributed by atoms with Crippen LogP contribution in [0.1, 0.15) is 34.1 Å². The maximum absolute atomic E-state index is 10.6. The van der Waals surface area contributed by atoms with E-state index in [0.29, 0.717) is 11.1 Å². The molecule has 0 saturated carbocycles. The van der Waals surface area contributed by atoms with Crippen LogP contribution in [0.3, 0.4) is 0 Å². The highest BCUT2D eigenvalue weighted by atomic mass is 17.4. The molecular weight excluding hydrogens is 260 g/mol. The summed E-state index contributed by atoms with van der Waals surface area (Å²) in [5.74, 6) is 0. The van der Waals surface area contributed by atoms with E-state index >= 15 is 0 Å². The van der Waals surface area contributed by atoms with Crippen molar-refractivity contribution in [1.29, 1.82) is 0 Å². The van der Waals surface area contributed by atoms with Crippen LogP contribution in [-0.2, 0) is 19.6 Å². The minimum absolute atomic E-state index is 0.577. The number of carbonyl (C=O) groups excluding carboxylic acids is 1. The molecule has 0 unspecified atom stereocenters. The van der Waals surface area contributed by atoms with Gasteiger partial charge in [0, 0.05) is 16.7 Å². The molecule has 0 aliphatic carbocycles. The molecule has 2 aromatic rings. The second kappa shape index (κ2) is 5.94. The largest absolute Gasteiger partial charge is 0.298 e. The van der Waals surface area contributed by atoms with Gasteiger partial charge < -0.3 is 0 Å². The highest BCUT2D eigenvalue weighted by molar-refractivity contribution is 5.74. The summed E-state index contributed by atoms with van der Waals surface area (Å²) >= 11 is 0. The second-order valence-electron chi connectivity index (χ2n) is 4.24.